The number of anilines is 1. The van der Waals surface area contributed by atoms with Gasteiger partial charge in [0.15, 0.2) is 0 Å². The summed E-state index contributed by atoms with van der Waals surface area (Å²) in [7, 11) is 0. The molecule has 0 N–H and O–H groups in total. The topological polar surface area (TPSA) is 54.1 Å². The number of hydrogen-bond acceptors (Lipinski definition) is 4. The van der Waals surface area contributed by atoms with Crippen molar-refractivity contribution < 1.29 is 0 Å². The Balaban J connectivity index is 2.01. The van der Waals surface area contributed by atoms with Gasteiger partial charge in [0.2, 0.25) is 0 Å². The van der Waals surface area contributed by atoms with E-state index in [9.17, 15) is 5.26 Å². The van der Waals surface area contributed by atoms with Gasteiger partial charge in [-0.15, -0.1) is 0 Å². The summed E-state index contributed by atoms with van der Waals surface area (Å²) >= 11 is 0. The van der Waals surface area contributed by atoms with Crippen molar-refractivity contribution in [3.05, 3.63) is 29.8 Å². The Labute approximate surface area is 120 Å². The van der Waals surface area contributed by atoms with E-state index in [-0.39, 0.29) is 6.04 Å². The number of piperazine rings is 1. The molecule has 1 fully saturated rings. The summed E-state index contributed by atoms with van der Waals surface area (Å²) in [4.78, 5) is 4.50. The standard InChI is InChI=1S/C16H20N4/c1-2-5-15(13-18)19-8-10-20(11-9-19)16-7-4-3-6-14(16)12-17/h3-4,6-7,15H,2,5,8-11H2,1H3. The van der Waals surface area contributed by atoms with Crippen molar-refractivity contribution in [2.45, 2.75) is 25.8 Å². The van der Waals surface area contributed by atoms with Gasteiger partial charge in [-0.3, -0.25) is 4.90 Å². The molecule has 1 aromatic carbocycles. The quantitative estimate of drug-likeness (QED) is 0.841. The second-order valence-electron chi connectivity index (χ2n) is 5.09. The van der Waals surface area contributed by atoms with Crippen molar-refractivity contribution >= 4 is 5.69 Å². The molecule has 2 rings (SSSR count). The van der Waals surface area contributed by atoms with Crippen molar-refractivity contribution in [1.82, 2.24) is 4.90 Å². The maximum atomic E-state index is 9.23. The minimum Gasteiger partial charge on any atom is -0.368 e. The van der Waals surface area contributed by atoms with Crippen molar-refractivity contribution in [2.24, 2.45) is 0 Å². The maximum absolute atomic E-state index is 9.23. The first-order valence-corrected chi connectivity index (χ1v) is 7.18. The van der Waals surface area contributed by atoms with Gasteiger partial charge in [-0.25, -0.2) is 0 Å². The van der Waals surface area contributed by atoms with Crippen molar-refractivity contribution in [3.63, 3.8) is 0 Å². The Morgan fingerprint density at radius 1 is 1.15 bits per heavy atom. The molecule has 20 heavy (non-hydrogen) atoms. The zero-order valence-electron chi connectivity index (χ0n) is 11.9. The molecule has 1 aliphatic heterocycles. The minimum absolute atomic E-state index is 0.0355. The van der Waals surface area contributed by atoms with Gasteiger partial charge in [0.05, 0.1) is 23.4 Å². The van der Waals surface area contributed by atoms with Crippen LogP contribution >= 0.6 is 0 Å². The summed E-state index contributed by atoms with van der Waals surface area (Å²) in [5, 5.41) is 18.4. The lowest BCUT2D eigenvalue weighted by Crippen LogP contribution is -2.50. The van der Waals surface area contributed by atoms with E-state index < -0.39 is 0 Å². The summed E-state index contributed by atoms with van der Waals surface area (Å²) < 4.78 is 0. The fraction of sp³-hybridized carbons (Fsp3) is 0.500. The van der Waals surface area contributed by atoms with Gasteiger partial charge in [0.1, 0.15) is 6.07 Å². The molecule has 1 heterocycles. The highest BCUT2D eigenvalue weighted by molar-refractivity contribution is 5.59. The Hall–Kier alpha value is -2.04. The van der Waals surface area contributed by atoms with Crippen LogP contribution in [-0.4, -0.2) is 37.1 Å². The smallest absolute Gasteiger partial charge is 0.101 e. The van der Waals surface area contributed by atoms with Crippen LogP contribution in [0.1, 0.15) is 25.3 Å². The van der Waals surface area contributed by atoms with Crippen LogP contribution in [0.3, 0.4) is 0 Å². The summed E-state index contributed by atoms with van der Waals surface area (Å²) in [5.41, 5.74) is 1.74. The second-order valence-corrected chi connectivity index (χ2v) is 5.09. The van der Waals surface area contributed by atoms with Crippen LogP contribution in [0.15, 0.2) is 24.3 Å². The van der Waals surface area contributed by atoms with E-state index in [4.69, 9.17) is 5.26 Å². The Morgan fingerprint density at radius 3 is 2.45 bits per heavy atom. The van der Waals surface area contributed by atoms with Crippen LogP contribution < -0.4 is 4.90 Å². The zero-order chi connectivity index (χ0) is 14.4. The van der Waals surface area contributed by atoms with E-state index in [0.29, 0.717) is 0 Å². The summed E-state index contributed by atoms with van der Waals surface area (Å²) in [6.07, 6.45) is 1.97. The van der Waals surface area contributed by atoms with Gasteiger partial charge in [-0.1, -0.05) is 25.5 Å². The first-order chi connectivity index (χ1) is 9.80. The molecule has 0 radical (unpaired) electrons. The third kappa shape index (κ3) is 3.10. The first kappa shape index (κ1) is 14.4. The van der Waals surface area contributed by atoms with E-state index in [1.807, 2.05) is 24.3 Å². The molecule has 0 saturated carbocycles. The van der Waals surface area contributed by atoms with Crippen LogP contribution in [-0.2, 0) is 0 Å². The van der Waals surface area contributed by atoms with Crippen LogP contribution in [0.2, 0.25) is 0 Å². The molecule has 0 spiro atoms. The SMILES string of the molecule is CCCC(C#N)N1CCN(c2ccccc2C#N)CC1. The molecule has 1 saturated heterocycles. The van der Waals surface area contributed by atoms with Gasteiger partial charge in [-0.2, -0.15) is 10.5 Å². The van der Waals surface area contributed by atoms with Gasteiger partial charge < -0.3 is 4.90 Å². The predicted octanol–water partition coefficient (Wildman–Crippen LogP) is 2.37. The minimum atomic E-state index is 0.0355. The highest BCUT2D eigenvalue weighted by atomic mass is 15.3. The summed E-state index contributed by atoms with van der Waals surface area (Å²) in [6, 6.07) is 12.4. The first-order valence-electron chi connectivity index (χ1n) is 7.18. The lowest BCUT2D eigenvalue weighted by Gasteiger charge is -2.38. The number of rotatable bonds is 4. The van der Waals surface area contributed by atoms with Crippen LogP contribution in [0.25, 0.3) is 0 Å². The van der Waals surface area contributed by atoms with Crippen molar-refractivity contribution in [1.29, 1.82) is 10.5 Å². The molecule has 4 heteroatoms. The molecule has 0 aromatic heterocycles. The third-order valence-corrected chi connectivity index (χ3v) is 3.83. The van der Waals surface area contributed by atoms with Crippen molar-refractivity contribution in [2.75, 3.05) is 31.1 Å². The molecular formula is C16H20N4. The van der Waals surface area contributed by atoms with Gasteiger partial charge >= 0.3 is 0 Å². The summed E-state index contributed by atoms with van der Waals surface area (Å²) in [5.74, 6) is 0. The molecule has 1 aliphatic rings. The molecule has 1 aromatic rings. The molecule has 104 valence electrons. The molecule has 0 bridgehead atoms. The van der Waals surface area contributed by atoms with Crippen LogP contribution in [0.5, 0.6) is 0 Å². The Bertz CT molecular complexity index is 518. The average Bonchev–Trinajstić information content (AvgIpc) is 2.53. The molecule has 0 amide bonds. The van der Waals surface area contributed by atoms with Gasteiger partial charge in [-0.05, 0) is 18.6 Å². The lowest BCUT2D eigenvalue weighted by molar-refractivity contribution is 0.211. The van der Waals surface area contributed by atoms with E-state index in [1.165, 1.54) is 0 Å². The Kier molecular flexibility index (Phi) is 4.98. The molecule has 0 aliphatic carbocycles. The van der Waals surface area contributed by atoms with E-state index in [2.05, 4.69) is 28.9 Å². The van der Waals surface area contributed by atoms with Gasteiger partial charge in [0, 0.05) is 26.2 Å². The number of hydrogen-bond donors (Lipinski definition) is 0. The highest BCUT2D eigenvalue weighted by Crippen LogP contribution is 2.22. The number of para-hydroxylation sites is 1. The second kappa shape index (κ2) is 6.93. The number of benzene rings is 1. The van der Waals surface area contributed by atoms with E-state index in [1.54, 1.807) is 0 Å². The average molecular weight is 268 g/mol. The van der Waals surface area contributed by atoms with Gasteiger partial charge in [0.25, 0.3) is 0 Å². The van der Waals surface area contributed by atoms with E-state index in [0.717, 1.165) is 50.3 Å². The lowest BCUT2D eigenvalue weighted by atomic mass is 10.1. The van der Waals surface area contributed by atoms with Crippen molar-refractivity contribution in [3.8, 4) is 12.1 Å². The zero-order valence-corrected chi connectivity index (χ0v) is 11.9. The normalized spacial score (nSPS) is 17.2. The Morgan fingerprint density at radius 2 is 1.85 bits per heavy atom. The summed E-state index contributed by atoms with van der Waals surface area (Å²) in [6.45, 7) is 5.64. The van der Waals surface area contributed by atoms with Crippen LogP contribution in [0.4, 0.5) is 5.69 Å². The predicted molar refractivity (Wildman–Crippen MR) is 79.3 cm³/mol. The van der Waals surface area contributed by atoms with Crippen LogP contribution in [0, 0.1) is 22.7 Å². The molecule has 1 unspecified atom stereocenters. The fourth-order valence-electron chi connectivity index (χ4n) is 2.72. The largest absolute Gasteiger partial charge is 0.368 e. The molecular weight excluding hydrogens is 248 g/mol. The monoisotopic (exact) mass is 268 g/mol. The highest BCUT2D eigenvalue weighted by Gasteiger charge is 2.24. The molecule has 1 atom stereocenters. The third-order valence-electron chi connectivity index (χ3n) is 3.83. The number of nitrogens with zero attached hydrogens (tertiary/aromatic N) is 4. The maximum Gasteiger partial charge on any atom is 0.101 e. The fourth-order valence-corrected chi connectivity index (χ4v) is 2.72. The number of nitriles is 2. The van der Waals surface area contributed by atoms with E-state index >= 15 is 0 Å². The molecule has 4 nitrogen and oxygen atoms in total.